The third kappa shape index (κ3) is 6.31. The number of carbonyl (C=O) groups is 1. The minimum absolute atomic E-state index is 0.0254. The molecular formula is C24H31N3O3S. The number of piperidine rings is 1. The van der Waals surface area contributed by atoms with Gasteiger partial charge in [-0.1, -0.05) is 42.5 Å². The zero-order valence-corrected chi connectivity index (χ0v) is 18.6. The number of rotatable bonds is 7. The zero-order chi connectivity index (χ0) is 21.7. The Hall–Kier alpha value is -2.38. The molecular weight excluding hydrogens is 410 g/mol. The summed E-state index contributed by atoms with van der Waals surface area (Å²) in [5, 5.41) is 6.52. The highest BCUT2D eigenvalue weighted by Gasteiger charge is 2.30. The lowest BCUT2D eigenvalue weighted by atomic mass is 10.0. The maximum atomic E-state index is 12.2. The van der Waals surface area contributed by atoms with Gasteiger partial charge in [0.1, 0.15) is 0 Å². The Morgan fingerprint density at radius 1 is 0.903 bits per heavy atom. The monoisotopic (exact) mass is 441 g/mol. The molecule has 31 heavy (non-hydrogen) atoms. The molecule has 0 unspecified atom stereocenters. The number of amides is 1. The van der Waals surface area contributed by atoms with E-state index >= 15 is 0 Å². The molecule has 0 radical (unpaired) electrons. The van der Waals surface area contributed by atoms with E-state index in [4.69, 9.17) is 0 Å². The van der Waals surface area contributed by atoms with Gasteiger partial charge >= 0.3 is 0 Å². The van der Waals surface area contributed by atoms with E-state index in [1.165, 1.54) is 5.69 Å². The van der Waals surface area contributed by atoms with E-state index in [1.807, 2.05) is 42.5 Å². The van der Waals surface area contributed by atoms with Crippen LogP contribution in [-0.4, -0.2) is 51.0 Å². The molecule has 6 nitrogen and oxygen atoms in total. The summed E-state index contributed by atoms with van der Waals surface area (Å²) in [4.78, 5) is 14.6. The predicted octanol–water partition coefficient (Wildman–Crippen LogP) is 2.29. The highest BCUT2D eigenvalue weighted by Crippen LogP contribution is 2.22. The van der Waals surface area contributed by atoms with Crippen LogP contribution in [0.1, 0.15) is 30.4 Å². The van der Waals surface area contributed by atoms with Gasteiger partial charge in [-0.25, -0.2) is 8.42 Å². The van der Waals surface area contributed by atoms with E-state index in [0.717, 1.165) is 43.5 Å². The quantitative estimate of drug-likeness (QED) is 0.689. The van der Waals surface area contributed by atoms with Crippen LogP contribution >= 0.6 is 0 Å². The molecule has 2 aliphatic heterocycles. The maximum absolute atomic E-state index is 12.2. The molecule has 0 spiro atoms. The number of nitrogens with zero attached hydrogens (tertiary/aromatic N) is 1. The van der Waals surface area contributed by atoms with Crippen molar-refractivity contribution in [2.75, 3.05) is 29.5 Å². The fraction of sp³-hybridized carbons (Fsp3) is 0.458. The van der Waals surface area contributed by atoms with Gasteiger partial charge in [0.05, 0.1) is 17.9 Å². The fourth-order valence-corrected chi connectivity index (χ4v) is 6.12. The van der Waals surface area contributed by atoms with Crippen molar-refractivity contribution in [3.8, 4) is 0 Å². The number of sulfone groups is 1. The van der Waals surface area contributed by atoms with Crippen LogP contribution in [0.5, 0.6) is 0 Å². The molecule has 2 aliphatic rings. The van der Waals surface area contributed by atoms with Crippen molar-refractivity contribution in [3.63, 3.8) is 0 Å². The first-order chi connectivity index (χ1) is 15.0. The van der Waals surface area contributed by atoms with Gasteiger partial charge in [-0.2, -0.15) is 0 Å². The first-order valence-corrected chi connectivity index (χ1v) is 12.9. The third-order valence-corrected chi connectivity index (χ3v) is 7.97. The lowest BCUT2D eigenvalue weighted by Gasteiger charge is -2.35. The lowest BCUT2D eigenvalue weighted by Crippen LogP contribution is -2.46. The first-order valence-electron chi connectivity index (χ1n) is 11.1. The number of carbonyl (C=O) groups excluding carboxylic acids is 1. The molecule has 0 saturated carbocycles. The molecule has 4 rings (SSSR count). The summed E-state index contributed by atoms with van der Waals surface area (Å²) in [6.07, 6.45) is 3.15. The van der Waals surface area contributed by atoms with Crippen molar-refractivity contribution in [2.24, 2.45) is 0 Å². The Kier molecular flexibility index (Phi) is 6.92. The van der Waals surface area contributed by atoms with Crippen LogP contribution in [0.2, 0.25) is 0 Å². The summed E-state index contributed by atoms with van der Waals surface area (Å²) in [6, 6.07) is 18.7. The Morgan fingerprint density at radius 3 is 2.26 bits per heavy atom. The molecule has 0 bridgehead atoms. The predicted molar refractivity (Wildman–Crippen MR) is 124 cm³/mol. The molecule has 2 aromatic carbocycles. The van der Waals surface area contributed by atoms with Crippen LogP contribution in [0, 0.1) is 0 Å². The van der Waals surface area contributed by atoms with Crippen LogP contribution in [0.3, 0.4) is 0 Å². The molecule has 0 aromatic heterocycles. The van der Waals surface area contributed by atoms with Crippen LogP contribution < -0.4 is 15.5 Å². The van der Waals surface area contributed by atoms with Crippen molar-refractivity contribution in [1.82, 2.24) is 10.6 Å². The van der Waals surface area contributed by atoms with Crippen molar-refractivity contribution < 1.29 is 13.2 Å². The standard InChI is InChI=1S/C24H31N3O3S/c28-24(25-17-20-4-2-1-3-5-20)16-19-6-8-23(9-7-19)27-13-10-21(11-14-27)26-22-12-15-31(29,30)18-22/h1-9,21-22,26H,10-18H2,(H,25,28)/t22-/m1/s1. The van der Waals surface area contributed by atoms with Gasteiger partial charge in [0, 0.05) is 37.4 Å². The number of hydrogen-bond acceptors (Lipinski definition) is 5. The SMILES string of the molecule is O=C(Cc1ccc(N2CCC(N[C@@H]3CCS(=O)(=O)C3)CC2)cc1)NCc1ccccc1. The normalized spacial score (nSPS) is 21.2. The molecule has 2 aromatic rings. The topological polar surface area (TPSA) is 78.5 Å². The highest BCUT2D eigenvalue weighted by atomic mass is 32.2. The number of nitrogens with one attached hydrogen (secondary N) is 2. The smallest absolute Gasteiger partial charge is 0.224 e. The number of hydrogen-bond donors (Lipinski definition) is 2. The Labute approximate surface area is 185 Å². The summed E-state index contributed by atoms with van der Waals surface area (Å²) in [6.45, 7) is 2.45. The zero-order valence-electron chi connectivity index (χ0n) is 17.8. The van der Waals surface area contributed by atoms with E-state index in [1.54, 1.807) is 0 Å². The second-order valence-corrected chi connectivity index (χ2v) is 10.9. The lowest BCUT2D eigenvalue weighted by molar-refractivity contribution is -0.120. The summed E-state index contributed by atoms with van der Waals surface area (Å²) in [5.74, 6) is 0.630. The number of anilines is 1. The Balaban J connectivity index is 1.21. The first kappa shape index (κ1) is 21.8. The van der Waals surface area contributed by atoms with Crippen molar-refractivity contribution in [3.05, 3.63) is 65.7 Å². The molecule has 0 aliphatic carbocycles. The Morgan fingerprint density at radius 2 is 1.61 bits per heavy atom. The van der Waals surface area contributed by atoms with Crippen LogP contribution in [0.25, 0.3) is 0 Å². The number of benzene rings is 2. The second-order valence-electron chi connectivity index (χ2n) is 8.63. The molecule has 166 valence electrons. The van der Waals surface area contributed by atoms with Crippen molar-refractivity contribution >= 4 is 21.4 Å². The molecule has 2 heterocycles. The molecule has 2 saturated heterocycles. The largest absolute Gasteiger partial charge is 0.371 e. The summed E-state index contributed by atoms with van der Waals surface area (Å²) in [5.41, 5.74) is 3.28. The van der Waals surface area contributed by atoms with Gasteiger partial charge in [0.15, 0.2) is 9.84 Å². The van der Waals surface area contributed by atoms with Gasteiger partial charge in [-0.15, -0.1) is 0 Å². The van der Waals surface area contributed by atoms with E-state index in [9.17, 15) is 13.2 Å². The molecule has 2 fully saturated rings. The van der Waals surface area contributed by atoms with Crippen LogP contribution in [0.4, 0.5) is 5.69 Å². The Bertz CT molecular complexity index is 969. The van der Waals surface area contributed by atoms with Gasteiger partial charge < -0.3 is 15.5 Å². The maximum Gasteiger partial charge on any atom is 0.224 e. The van der Waals surface area contributed by atoms with Gasteiger partial charge in [0.25, 0.3) is 0 Å². The van der Waals surface area contributed by atoms with Crippen LogP contribution in [-0.2, 0) is 27.6 Å². The summed E-state index contributed by atoms with van der Waals surface area (Å²) in [7, 11) is -2.83. The van der Waals surface area contributed by atoms with E-state index in [2.05, 4.69) is 27.7 Å². The molecule has 1 atom stereocenters. The third-order valence-electron chi connectivity index (χ3n) is 6.20. The summed E-state index contributed by atoms with van der Waals surface area (Å²) < 4.78 is 23.3. The molecule has 1 amide bonds. The highest BCUT2D eigenvalue weighted by molar-refractivity contribution is 7.91. The average molecular weight is 442 g/mol. The fourth-order valence-electron chi connectivity index (χ4n) is 4.43. The van der Waals surface area contributed by atoms with E-state index in [-0.39, 0.29) is 17.7 Å². The van der Waals surface area contributed by atoms with Gasteiger partial charge in [0.2, 0.25) is 5.91 Å². The molecule has 2 N–H and O–H groups in total. The van der Waals surface area contributed by atoms with Gasteiger partial charge in [-0.05, 0) is 42.5 Å². The van der Waals surface area contributed by atoms with Crippen LogP contribution in [0.15, 0.2) is 54.6 Å². The van der Waals surface area contributed by atoms with E-state index in [0.29, 0.717) is 24.8 Å². The second kappa shape index (κ2) is 9.83. The minimum atomic E-state index is -2.83. The van der Waals surface area contributed by atoms with Crippen molar-refractivity contribution in [1.29, 1.82) is 0 Å². The minimum Gasteiger partial charge on any atom is -0.371 e. The summed E-state index contributed by atoms with van der Waals surface area (Å²) >= 11 is 0. The molecule has 7 heteroatoms. The van der Waals surface area contributed by atoms with Crippen molar-refractivity contribution in [2.45, 2.75) is 44.3 Å². The van der Waals surface area contributed by atoms with Gasteiger partial charge in [-0.3, -0.25) is 4.79 Å². The van der Waals surface area contributed by atoms with E-state index < -0.39 is 9.84 Å². The average Bonchev–Trinajstić information content (AvgIpc) is 3.12.